The largest absolute Gasteiger partial charge is 0.316 e. The minimum atomic E-state index is 0.533. The van der Waals surface area contributed by atoms with Crippen LogP contribution in [-0.4, -0.2) is 33.9 Å². The Labute approximate surface area is 122 Å². The molecule has 0 aliphatic carbocycles. The quantitative estimate of drug-likeness (QED) is 0.755. The summed E-state index contributed by atoms with van der Waals surface area (Å²) >= 11 is 2.06. The van der Waals surface area contributed by atoms with Crippen LogP contribution in [0.4, 0.5) is 0 Å². The van der Waals surface area contributed by atoms with Crippen LogP contribution >= 0.6 is 11.8 Å². The lowest BCUT2D eigenvalue weighted by Crippen LogP contribution is -2.31. The third-order valence-electron chi connectivity index (χ3n) is 3.60. The fraction of sp³-hybridized carbons (Fsp3) is 0.800. The number of hydrogen-bond donors (Lipinski definition) is 1. The zero-order valence-electron chi connectivity index (χ0n) is 13.1. The van der Waals surface area contributed by atoms with Gasteiger partial charge in [0.2, 0.25) is 0 Å². The maximum absolute atomic E-state index is 4.63. The third-order valence-corrected chi connectivity index (χ3v) is 5.09. The second-order valence-corrected chi connectivity index (χ2v) is 6.51. The van der Waals surface area contributed by atoms with Crippen molar-refractivity contribution < 1.29 is 0 Å². The van der Waals surface area contributed by atoms with Crippen LogP contribution in [0.3, 0.4) is 0 Å². The summed E-state index contributed by atoms with van der Waals surface area (Å²) in [6, 6.07) is 2.80. The van der Waals surface area contributed by atoms with E-state index in [4.69, 9.17) is 0 Å². The Hall–Kier alpha value is -0.480. The number of thioether (sulfide) groups is 1. The van der Waals surface area contributed by atoms with Crippen LogP contribution in [0.5, 0.6) is 0 Å². The van der Waals surface area contributed by atoms with Crippen molar-refractivity contribution in [2.75, 3.05) is 12.8 Å². The molecular formula is C15H29N3S. The zero-order valence-corrected chi connectivity index (χ0v) is 13.9. The van der Waals surface area contributed by atoms with Gasteiger partial charge in [-0.25, -0.2) is 0 Å². The second-order valence-electron chi connectivity index (χ2n) is 5.04. The molecule has 1 heterocycles. The van der Waals surface area contributed by atoms with Crippen LogP contribution in [0.25, 0.3) is 0 Å². The first-order valence-electron chi connectivity index (χ1n) is 7.48. The topological polar surface area (TPSA) is 29.9 Å². The van der Waals surface area contributed by atoms with Gasteiger partial charge >= 0.3 is 0 Å². The molecule has 0 saturated heterocycles. The molecule has 0 radical (unpaired) electrons. The van der Waals surface area contributed by atoms with Gasteiger partial charge in [0, 0.05) is 35.7 Å². The molecule has 1 aromatic rings. The van der Waals surface area contributed by atoms with Gasteiger partial charge in [0.15, 0.2) is 0 Å². The van der Waals surface area contributed by atoms with E-state index in [0.29, 0.717) is 6.04 Å². The normalized spacial score (nSPS) is 14.6. The highest BCUT2D eigenvalue weighted by atomic mass is 32.2. The van der Waals surface area contributed by atoms with Crippen LogP contribution in [0.2, 0.25) is 0 Å². The van der Waals surface area contributed by atoms with Crippen LogP contribution in [0, 0.1) is 0 Å². The van der Waals surface area contributed by atoms with Gasteiger partial charge in [0.1, 0.15) is 0 Å². The van der Waals surface area contributed by atoms with Crippen LogP contribution in [0.1, 0.15) is 45.5 Å². The Morgan fingerprint density at radius 2 is 2.11 bits per heavy atom. The summed E-state index contributed by atoms with van der Waals surface area (Å²) in [5, 5.41) is 8.82. The summed E-state index contributed by atoms with van der Waals surface area (Å²) in [6.45, 7) is 9.86. The Morgan fingerprint density at radius 3 is 2.63 bits per heavy atom. The Balaban J connectivity index is 2.61. The average Bonchev–Trinajstić information content (AvgIpc) is 2.84. The van der Waals surface area contributed by atoms with E-state index in [-0.39, 0.29) is 0 Å². The number of rotatable bonds is 9. The minimum Gasteiger partial charge on any atom is -0.316 e. The Bertz CT molecular complexity index is 362. The highest BCUT2D eigenvalue weighted by Gasteiger charge is 2.13. The SMILES string of the molecule is CCc1cc(CC(CSC(C)CC)NC)n(CC)n1. The molecule has 2 atom stereocenters. The van der Waals surface area contributed by atoms with Crippen molar-refractivity contribution >= 4 is 11.8 Å². The summed E-state index contributed by atoms with van der Waals surface area (Å²) in [5.74, 6) is 1.17. The standard InChI is InChI=1S/C15H29N3S/c1-6-12(4)19-11-14(16-5)10-15-9-13(7-2)17-18(15)8-3/h9,12,14,16H,6-8,10-11H2,1-5H3. The second kappa shape index (κ2) is 8.64. The van der Waals surface area contributed by atoms with Crippen molar-refractivity contribution in [2.45, 2.75) is 64.8 Å². The van der Waals surface area contributed by atoms with Gasteiger partial charge in [-0.05, 0) is 32.9 Å². The molecule has 0 aliphatic heterocycles. The van der Waals surface area contributed by atoms with Crippen LogP contribution in [-0.2, 0) is 19.4 Å². The van der Waals surface area contributed by atoms with Gasteiger partial charge in [-0.2, -0.15) is 16.9 Å². The molecule has 0 bridgehead atoms. The van der Waals surface area contributed by atoms with Gasteiger partial charge in [-0.15, -0.1) is 0 Å². The fourth-order valence-corrected chi connectivity index (χ4v) is 3.10. The van der Waals surface area contributed by atoms with E-state index in [2.05, 4.69) is 67.7 Å². The number of likely N-dealkylation sites (N-methyl/N-ethyl adjacent to an activating group) is 1. The van der Waals surface area contributed by atoms with Crippen molar-refractivity contribution in [1.29, 1.82) is 0 Å². The van der Waals surface area contributed by atoms with E-state index >= 15 is 0 Å². The van der Waals surface area contributed by atoms with Crippen molar-refractivity contribution in [2.24, 2.45) is 0 Å². The van der Waals surface area contributed by atoms with Crippen LogP contribution in [0.15, 0.2) is 6.07 Å². The van der Waals surface area contributed by atoms with Gasteiger partial charge in [-0.1, -0.05) is 20.8 Å². The number of hydrogen-bond acceptors (Lipinski definition) is 3. The predicted molar refractivity (Wildman–Crippen MR) is 86.0 cm³/mol. The summed E-state index contributed by atoms with van der Waals surface area (Å²) < 4.78 is 2.15. The number of nitrogens with zero attached hydrogens (tertiary/aromatic N) is 2. The van der Waals surface area contributed by atoms with Crippen molar-refractivity contribution in [3.63, 3.8) is 0 Å². The summed E-state index contributed by atoms with van der Waals surface area (Å²) in [7, 11) is 2.06. The Kier molecular flexibility index (Phi) is 7.54. The molecule has 0 aromatic carbocycles. The zero-order chi connectivity index (χ0) is 14.3. The molecule has 0 aliphatic rings. The molecule has 4 heteroatoms. The monoisotopic (exact) mass is 283 g/mol. The lowest BCUT2D eigenvalue weighted by atomic mass is 10.1. The van der Waals surface area contributed by atoms with Crippen molar-refractivity contribution in [3.8, 4) is 0 Å². The smallest absolute Gasteiger partial charge is 0.0624 e. The number of nitrogens with one attached hydrogen (secondary N) is 1. The molecule has 0 amide bonds. The molecule has 1 N–H and O–H groups in total. The lowest BCUT2D eigenvalue weighted by Gasteiger charge is -2.18. The highest BCUT2D eigenvalue weighted by Crippen LogP contribution is 2.17. The molecule has 0 spiro atoms. The fourth-order valence-electron chi connectivity index (χ4n) is 2.02. The maximum Gasteiger partial charge on any atom is 0.0624 e. The predicted octanol–water partition coefficient (Wildman–Crippen LogP) is 3.13. The molecule has 0 fully saturated rings. The number of aryl methyl sites for hydroxylation is 2. The van der Waals surface area contributed by atoms with E-state index < -0.39 is 0 Å². The summed E-state index contributed by atoms with van der Waals surface area (Å²) in [5.41, 5.74) is 2.57. The van der Waals surface area contributed by atoms with Gasteiger partial charge < -0.3 is 5.32 Å². The van der Waals surface area contributed by atoms with Crippen molar-refractivity contribution in [1.82, 2.24) is 15.1 Å². The molecule has 3 nitrogen and oxygen atoms in total. The van der Waals surface area contributed by atoms with E-state index in [1.807, 2.05) is 0 Å². The molecule has 1 rings (SSSR count). The molecule has 2 unspecified atom stereocenters. The van der Waals surface area contributed by atoms with E-state index in [1.165, 1.54) is 23.6 Å². The van der Waals surface area contributed by atoms with Gasteiger partial charge in [-0.3, -0.25) is 4.68 Å². The molecule has 1 aromatic heterocycles. The van der Waals surface area contributed by atoms with Gasteiger partial charge in [0.05, 0.1) is 5.69 Å². The molecule has 19 heavy (non-hydrogen) atoms. The third kappa shape index (κ3) is 5.19. The van der Waals surface area contributed by atoms with E-state index in [9.17, 15) is 0 Å². The maximum atomic E-state index is 4.63. The highest BCUT2D eigenvalue weighted by molar-refractivity contribution is 7.99. The average molecular weight is 283 g/mol. The lowest BCUT2D eigenvalue weighted by molar-refractivity contribution is 0.555. The molecular weight excluding hydrogens is 254 g/mol. The first kappa shape index (κ1) is 16.6. The minimum absolute atomic E-state index is 0.533. The molecule has 110 valence electrons. The Morgan fingerprint density at radius 1 is 1.37 bits per heavy atom. The van der Waals surface area contributed by atoms with Gasteiger partial charge in [0.25, 0.3) is 0 Å². The first-order chi connectivity index (χ1) is 9.14. The summed E-state index contributed by atoms with van der Waals surface area (Å²) in [6.07, 6.45) is 3.33. The first-order valence-corrected chi connectivity index (χ1v) is 8.53. The number of aromatic nitrogens is 2. The molecule has 0 saturated carbocycles. The van der Waals surface area contributed by atoms with E-state index in [1.54, 1.807) is 0 Å². The van der Waals surface area contributed by atoms with Crippen LogP contribution < -0.4 is 5.32 Å². The van der Waals surface area contributed by atoms with E-state index in [0.717, 1.165) is 24.6 Å². The van der Waals surface area contributed by atoms with Crippen molar-refractivity contribution in [3.05, 3.63) is 17.5 Å². The summed E-state index contributed by atoms with van der Waals surface area (Å²) in [4.78, 5) is 0.